The summed E-state index contributed by atoms with van der Waals surface area (Å²) >= 11 is 0. The SMILES string of the molecule is CNC(=O)c1ccc(N2CCNC[C@H]2C)cn1. The predicted octanol–water partition coefficient (Wildman–Crippen LogP) is 0.239. The second-order valence-electron chi connectivity index (χ2n) is 4.23. The maximum Gasteiger partial charge on any atom is 0.269 e. The molecule has 1 fully saturated rings. The van der Waals surface area contributed by atoms with E-state index in [1.54, 1.807) is 19.3 Å². The van der Waals surface area contributed by atoms with Crippen LogP contribution in [0.4, 0.5) is 5.69 Å². The lowest BCUT2D eigenvalue weighted by Gasteiger charge is -2.35. The first kappa shape index (κ1) is 11.9. The topological polar surface area (TPSA) is 57.3 Å². The van der Waals surface area contributed by atoms with Gasteiger partial charge in [-0.2, -0.15) is 0 Å². The lowest BCUT2D eigenvalue weighted by molar-refractivity contribution is 0.0958. The highest BCUT2D eigenvalue weighted by Crippen LogP contribution is 2.17. The molecule has 0 saturated carbocycles. The van der Waals surface area contributed by atoms with Crippen molar-refractivity contribution >= 4 is 11.6 Å². The van der Waals surface area contributed by atoms with Crippen molar-refractivity contribution in [1.82, 2.24) is 15.6 Å². The normalized spacial score (nSPS) is 20.1. The molecule has 2 N–H and O–H groups in total. The molecule has 1 amide bonds. The fourth-order valence-corrected chi connectivity index (χ4v) is 2.04. The number of nitrogens with zero attached hydrogens (tertiary/aromatic N) is 2. The summed E-state index contributed by atoms with van der Waals surface area (Å²) in [6, 6.07) is 4.18. The van der Waals surface area contributed by atoms with Crippen LogP contribution in [0, 0.1) is 0 Å². The molecule has 0 radical (unpaired) electrons. The van der Waals surface area contributed by atoms with Gasteiger partial charge in [-0.15, -0.1) is 0 Å². The van der Waals surface area contributed by atoms with Gasteiger partial charge in [-0.1, -0.05) is 0 Å². The van der Waals surface area contributed by atoms with Crippen molar-refractivity contribution in [2.45, 2.75) is 13.0 Å². The zero-order valence-corrected chi connectivity index (χ0v) is 10.2. The zero-order chi connectivity index (χ0) is 12.3. The number of anilines is 1. The molecule has 2 heterocycles. The van der Waals surface area contributed by atoms with Crippen molar-refractivity contribution < 1.29 is 4.79 Å². The van der Waals surface area contributed by atoms with Gasteiger partial charge in [-0.05, 0) is 19.1 Å². The van der Waals surface area contributed by atoms with Gasteiger partial charge in [0.25, 0.3) is 5.91 Å². The van der Waals surface area contributed by atoms with E-state index in [9.17, 15) is 4.79 Å². The Morgan fingerprint density at radius 1 is 1.59 bits per heavy atom. The molecule has 0 aliphatic carbocycles. The second-order valence-corrected chi connectivity index (χ2v) is 4.23. The highest BCUT2D eigenvalue weighted by molar-refractivity contribution is 5.92. The first-order valence-electron chi connectivity index (χ1n) is 5.88. The summed E-state index contributed by atoms with van der Waals surface area (Å²) < 4.78 is 0. The molecule has 1 saturated heterocycles. The number of hydrogen-bond donors (Lipinski definition) is 2. The summed E-state index contributed by atoms with van der Waals surface area (Å²) in [6.45, 7) is 5.12. The van der Waals surface area contributed by atoms with Crippen molar-refractivity contribution in [1.29, 1.82) is 0 Å². The number of carbonyl (C=O) groups is 1. The van der Waals surface area contributed by atoms with Gasteiger partial charge < -0.3 is 15.5 Å². The van der Waals surface area contributed by atoms with Gasteiger partial charge in [0.05, 0.1) is 11.9 Å². The Labute approximate surface area is 101 Å². The van der Waals surface area contributed by atoms with Crippen molar-refractivity contribution in [3.05, 3.63) is 24.0 Å². The smallest absolute Gasteiger partial charge is 0.269 e. The molecule has 1 aliphatic heterocycles. The number of nitrogens with one attached hydrogen (secondary N) is 2. The molecular weight excluding hydrogens is 216 g/mol. The van der Waals surface area contributed by atoms with Gasteiger partial charge in [0.1, 0.15) is 5.69 Å². The number of pyridine rings is 1. The minimum Gasteiger partial charge on any atom is -0.365 e. The molecule has 17 heavy (non-hydrogen) atoms. The third kappa shape index (κ3) is 2.55. The van der Waals surface area contributed by atoms with Crippen LogP contribution in [0.1, 0.15) is 17.4 Å². The van der Waals surface area contributed by atoms with Crippen LogP contribution in [0.5, 0.6) is 0 Å². The van der Waals surface area contributed by atoms with Crippen molar-refractivity contribution in [3.63, 3.8) is 0 Å². The maximum absolute atomic E-state index is 11.4. The number of amides is 1. The monoisotopic (exact) mass is 234 g/mol. The lowest BCUT2D eigenvalue weighted by Crippen LogP contribution is -2.50. The third-order valence-electron chi connectivity index (χ3n) is 3.04. The summed E-state index contributed by atoms with van der Waals surface area (Å²) in [5.41, 5.74) is 1.53. The number of piperazine rings is 1. The van der Waals surface area contributed by atoms with E-state index < -0.39 is 0 Å². The molecule has 1 aromatic heterocycles. The molecule has 5 heteroatoms. The van der Waals surface area contributed by atoms with Crippen LogP contribution in [-0.4, -0.2) is 43.6 Å². The van der Waals surface area contributed by atoms with Crippen LogP contribution >= 0.6 is 0 Å². The van der Waals surface area contributed by atoms with Gasteiger partial charge in [0, 0.05) is 32.7 Å². The quantitative estimate of drug-likeness (QED) is 0.769. The molecule has 92 valence electrons. The fourth-order valence-electron chi connectivity index (χ4n) is 2.04. The Bertz CT molecular complexity index is 390. The number of aromatic nitrogens is 1. The van der Waals surface area contributed by atoms with E-state index in [1.807, 2.05) is 6.07 Å². The minimum atomic E-state index is -0.148. The molecule has 1 aliphatic rings. The first-order valence-corrected chi connectivity index (χ1v) is 5.88. The van der Waals surface area contributed by atoms with E-state index in [2.05, 4.69) is 27.4 Å². The lowest BCUT2D eigenvalue weighted by atomic mass is 10.2. The Morgan fingerprint density at radius 3 is 3.00 bits per heavy atom. The molecular formula is C12H18N4O. The number of rotatable bonds is 2. The molecule has 0 bridgehead atoms. The van der Waals surface area contributed by atoms with E-state index in [0.29, 0.717) is 11.7 Å². The van der Waals surface area contributed by atoms with Crippen LogP contribution in [0.2, 0.25) is 0 Å². The summed E-state index contributed by atoms with van der Waals surface area (Å²) in [5, 5.41) is 5.91. The van der Waals surface area contributed by atoms with E-state index in [-0.39, 0.29) is 5.91 Å². The molecule has 1 atom stereocenters. The molecule has 0 unspecified atom stereocenters. The van der Waals surface area contributed by atoms with Crippen LogP contribution in [0.15, 0.2) is 18.3 Å². The molecule has 5 nitrogen and oxygen atoms in total. The third-order valence-corrected chi connectivity index (χ3v) is 3.04. The summed E-state index contributed by atoms with van der Waals surface area (Å²) in [4.78, 5) is 17.9. The van der Waals surface area contributed by atoms with Crippen LogP contribution < -0.4 is 15.5 Å². The van der Waals surface area contributed by atoms with Crippen LogP contribution in [0.25, 0.3) is 0 Å². The van der Waals surface area contributed by atoms with E-state index in [0.717, 1.165) is 25.3 Å². The van der Waals surface area contributed by atoms with Gasteiger partial charge in [-0.3, -0.25) is 4.79 Å². The maximum atomic E-state index is 11.4. The average molecular weight is 234 g/mol. The summed E-state index contributed by atoms with van der Waals surface area (Å²) in [7, 11) is 1.61. The molecule has 0 aromatic carbocycles. The largest absolute Gasteiger partial charge is 0.365 e. The Kier molecular flexibility index (Phi) is 3.58. The molecule has 0 spiro atoms. The van der Waals surface area contributed by atoms with Gasteiger partial charge in [-0.25, -0.2) is 4.98 Å². The average Bonchev–Trinajstić information content (AvgIpc) is 2.39. The minimum absolute atomic E-state index is 0.148. The Balaban J connectivity index is 2.14. The van der Waals surface area contributed by atoms with Crippen LogP contribution in [-0.2, 0) is 0 Å². The van der Waals surface area contributed by atoms with E-state index in [4.69, 9.17) is 0 Å². The van der Waals surface area contributed by atoms with Gasteiger partial charge in [0.2, 0.25) is 0 Å². The van der Waals surface area contributed by atoms with Gasteiger partial charge in [0.15, 0.2) is 0 Å². The first-order chi connectivity index (χ1) is 8.22. The highest BCUT2D eigenvalue weighted by Gasteiger charge is 2.18. The summed E-state index contributed by atoms with van der Waals surface area (Å²) in [5.74, 6) is -0.148. The summed E-state index contributed by atoms with van der Waals surface area (Å²) in [6.07, 6.45) is 1.77. The second kappa shape index (κ2) is 5.14. The Morgan fingerprint density at radius 2 is 2.41 bits per heavy atom. The number of carbonyl (C=O) groups excluding carboxylic acids is 1. The molecule has 1 aromatic rings. The van der Waals surface area contributed by atoms with Crippen molar-refractivity contribution in [2.75, 3.05) is 31.6 Å². The fraction of sp³-hybridized carbons (Fsp3) is 0.500. The van der Waals surface area contributed by atoms with Crippen molar-refractivity contribution in [3.8, 4) is 0 Å². The van der Waals surface area contributed by atoms with E-state index >= 15 is 0 Å². The van der Waals surface area contributed by atoms with Gasteiger partial charge >= 0.3 is 0 Å². The standard InChI is InChI=1S/C12H18N4O/c1-9-7-14-5-6-16(9)10-3-4-11(15-8-10)12(17)13-2/h3-4,8-9,14H,5-7H2,1-2H3,(H,13,17)/t9-/m1/s1. The Hall–Kier alpha value is -1.62. The predicted molar refractivity (Wildman–Crippen MR) is 67.3 cm³/mol. The zero-order valence-electron chi connectivity index (χ0n) is 10.2. The van der Waals surface area contributed by atoms with Crippen LogP contribution in [0.3, 0.4) is 0 Å². The van der Waals surface area contributed by atoms with Crippen molar-refractivity contribution in [2.24, 2.45) is 0 Å². The highest BCUT2D eigenvalue weighted by atomic mass is 16.1. The number of hydrogen-bond acceptors (Lipinski definition) is 4. The van der Waals surface area contributed by atoms with E-state index in [1.165, 1.54) is 0 Å². The molecule has 2 rings (SSSR count).